The maximum Gasteiger partial charge on any atom is 0.409 e. The number of nitrogens with one attached hydrogen (secondary N) is 1. The second kappa shape index (κ2) is 9.00. The van der Waals surface area contributed by atoms with Crippen molar-refractivity contribution in [3.63, 3.8) is 0 Å². The number of hydrogen-bond donors (Lipinski definition) is 1. The van der Waals surface area contributed by atoms with Crippen molar-refractivity contribution in [1.82, 2.24) is 24.9 Å². The van der Waals surface area contributed by atoms with Crippen molar-refractivity contribution < 1.29 is 19.1 Å². The zero-order valence-electron chi connectivity index (χ0n) is 22.2. The van der Waals surface area contributed by atoms with Crippen LogP contribution in [0.2, 0.25) is 0 Å². The number of benzene rings is 1. The number of fused-ring (bicyclic) bond motifs is 4. The molecule has 1 saturated carbocycles. The lowest BCUT2D eigenvalue weighted by atomic mass is 9.81. The minimum Gasteiger partial charge on any atom is -0.482 e. The molecule has 202 valence electrons. The highest BCUT2D eigenvalue weighted by molar-refractivity contribution is 5.78. The molecule has 2 spiro atoms. The Morgan fingerprint density at radius 2 is 1.95 bits per heavy atom. The Hall–Kier alpha value is -3.07. The van der Waals surface area contributed by atoms with E-state index in [0.29, 0.717) is 38.5 Å². The molecule has 1 aromatic carbocycles. The number of hydrogen-bond acceptors (Lipinski definition) is 6. The molecule has 7 rings (SSSR count). The molecule has 9 nitrogen and oxygen atoms in total. The predicted octanol–water partition coefficient (Wildman–Crippen LogP) is 3.44. The van der Waals surface area contributed by atoms with Crippen molar-refractivity contribution in [3.8, 4) is 17.0 Å². The van der Waals surface area contributed by atoms with Crippen LogP contribution in [0.3, 0.4) is 0 Å². The maximum absolute atomic E-state index is 13.3. The fraction of sp³-hybridized carbons (Fsp3) is 0.621. The highest BCUT2D eigenvalue weighted by atomic mass is 16.6. The van der Waals surface area contributed by atoms with Gasteiger partial charge < -0.3 is 24.6 Å². The van der Waals surface area contributed by atoms with Gasteiger partial charge in [-0.1, -0.05) is 6.07 Å². The van der Waals surface area contributed by atoms with E-state index in [2.05, 4.69) is 30.4 Å². The summed E-state index contributed by atoms with van der Waals surface area (Å²) in [6.45, 7) is 6.58. The summed E-state index contributed by atoms with van der Waals surface area (Å²) in [5.41, 5.74) is 3.53. The Kier molecular flexibility index (Phi) is 5.69. The van der Waals surface area contributed by atoms with Crippen LogP contribution in [0.4, 0.5) is 4.79 Å². The third-order valence-corrected chi connectivity index (χ3v) is 9.25. The molecule has 4 aliphatic heterocycles. The SMILES string of the molecule is Cc1ccc2c(c1)OC1(CCN(C(=O)OCC3CC3)CC1)c1cn(CC(=O)N3CCC4(CCCN4)C3)nc1-2. The minimum absolute atomic E-state index is 0.113. The first-order valence-electron chi connectivity index (χ1n) is 14.2. The standard InChI is InChI=1S/C29H37N5O4/c1-20-3-6-22-24(15-20)38-29(9-13-32(14-10-29)27(36)37-18-21-4-5-21)23-16-34(31-26(22)23)17-25(35)33-12-8-28(19-33)7-2-11-30-28/h3,6,15-16,21,30H,2,4-5,7-14,17-19H2,1H3. The average molecular weight is 520 g/mol. The Morgan fingerprint density at radius 3 is 2.71 bits per heavy atom. The van der Waals surface area contributed by atoms with Crippen molar-refractivity contribution in [2.45, 2.75) is 69.6 Å². The molecule has 9 heteroatoms. The molecule has 2 amide bonds. The van der Waals surface area contributed by atoms with E-state index < -0.39 is 5.60 Å². The van der Waals surface area contributed by atoms with Crippen LogP contribution >= 0.6 is 0 Å². The van der Waals surface area contributed by atoms with Crippen LogP contribution in [0.15, 0.2) is 24.4 Å². The Morgan fingerprint density at radius 1 is 1.13 bits per heavy atom. The van der Waals surface area contributed by atoms with Crippen LogP contribution < -0.4 is 10.1 Å². The number of aryl methyl sites for hydroxylation is 1. The molecule has 0 bridgehead atoms. The molecule has 1 N–H and O–H groups in total. The van der Waals surface area contributed by atoms with Gasteiger partial charge in [-0.15, -0.1) is 0 Å². The topological polar surface area (TPSA) is 88.9 Å². The van der Waals surface area contributed by atoms with Crippen LogP contribution in [-0.4, -0.2) is 76.5 Å². The maximum atomic E-state index is 13.3. The first kappa shape index (κ1) is 24.0. The number of rotatable bonds is 4. The van der Waals surface area contributed by atoms with Crippen LogP contribution in [0, 0.1) is 12.8 Å². The number of carbonyl (C=O) groups excluding carboxylic acids is 2. The van der Waals surface area contributed by atoms with E-state index in [4.69, 9.17) is 14.6 Å². The van der Waals surface area contributed by atoms with E-state index in [0.717, 1.165) is 73.5 Å². The number of nitrogens with zero attached hydrogens (tertiary/aromatic N) is 4. The molecule has 1 atom stereocenters. The molecule has 1 aromatic heterocycles. The second-order valence-electron chi connectivity index (χ2n) is 12.1. The zero-order valence-corrected chi connectivity index (χ0v) is 22.2. The second-order valence-corrected chi connectivity index (χ2v) is 12.1. The summed E-state index contributed by atoms with van der Waals surface area (Å²) in [7, 11) is 0. The summed E-state index contributed by atoms with van der Waals surface area (Å²) in [5.74, 6) is 1.49. The van der Waals surface area contributed by atoms with Crippen LogP contribution in [0.25, 0.3) is 11.3 Å². The van der Waals surface area contributed by atoms with Gasteiger partial charge in [0.25, 0.3) is 0 Å². The van der Waals surface area contributed by atoms with Gasteiger partial charge in [-0.2, -0.15) is 5.10 Å². The molecule has 3 saturated heterocycles. The van der Waals surface area contributed by atoms with Gasteiger partial charge in [-0.05, 0) is 69.2 Å². The predicted molar refractivity (Wildman–Crippen MR) is 141 cm³/mol. The summed E-state index contributed by atoms with van der Waals surface area (Å²) in [5, 5.41) is 8.58. The lowest BCUT2D eigenvalue weighted by Gasteiger charge is -2.43. The lowest BCUT2D eigenvalue weighted by Crippen LogP contribution is -2.49. The Balaban J connectivity index is 1.11. The monoisotopic (exact) mass is 519 g/mol. The van der Waals surface area contributed by atoms with Crippen LogP contribution in [0.5, 0.6) is 5.75 Å². The number of carbonyl (C=O) groups is 2. The van der Waals surface area contributed by atoms with Gasteiger partial charge in [0.1, 0.15) is 23.6 Å². The summed E-state index contributed by atoms with van der Waals surface area (Å²) in [4.78, 5) is 29.7. The van der Waals surface area contributed by atoms with Crippen molar-refractivity contribution in [1.29, 1.82) is 0 Å². The Labute approximate surface area is 223 Å². The van der Waals surface area contributed by atoms with Crippen molar-refractivity contribution >= 4 is 12.0 Å². The molecule has 2 aromatic rings. The molecular weight excluding hydrogens is 482 g/mol. The summed E-state index contributed by atoms with van der Waals surface area (Å²) in [6.07, 6.45) is 8.78. The van der Waals surface area contributed by atoms with Gasteiger partial charge in [0.2, 0.25) is 5.91 Å². The first-order valence-corrected chi connectivity index (χ1v) is 14.2. The zero-order chi connectivity index (χ0) is 25.9. The molecule has 1 aliphatic carbocycles. The van der Waals surface area contributed by atoms with Crippen LogP contribution in [-0.2, 0) is 21.7 Å². The van der Waals surface area contributed by atoms with Gasteiger partial charge in [-0.3, -0.25) is 9.48 Å². The molecule has 4 fully saturated rings. The number of amides is 2. The molecule has 1 unspecified atom stereocenters. The smallest absolute Gasteiger partial charge is 0.409 e. The van der Waals surface area contributed by atoms with E-state index in [1.54, 1.807) is 9.58 Å². The van der Waals surface area contributed by atoms with E-state index in [1.165, 1.54) is 6.42 Å². The van der Waals surface area contributed by atoms with Gasteiger partial charge in [-0.25, -0.2) is 4.79 Å². The number of aromatic nitrogens is 2. The highest BCUT2D eigenvalue weighted by Crippen LogP contribution is 2.49. The number of ether oxygens (including phenoxy) is 2. The summed E-state index contributed by atoms with van der Waals surface area (Å²) >= 11 is 0. The molecule has 38 heavy (non-hydrogen) atoms. The lowest BCUT2D eigenvalue weighted by molar-refractivity contribution is -0.131. The van der Waals surface area contributed by atoms with Gasteiger partial charge in [0, 0.05) is 61.9 Å². The van der Waals surface area contributed by atoms with E-state index in [1.807, 2.05) is 11.1 Å². The molecular formula is C29H37N5O4. The third kappa shape index (κ3) is 4.25. The summed E-state index contributed by atoms with van der Waals surface area (Å²) in [6, 6.07) is 6.21. The number of piperidine rings is 1. The molecule has 5 aliphatic rings. The minimum atomic E-state index is -0.573. The van der Waals surface area contributed by atoms with E-state index in [9.17, 15) is 9.59 Å². The first-order chi connectivity index (χ1) is 18.4. The fourth-order valence-electron chi connectivity index (χ4n) is 6.74. The largest absolute Gasteiger partial charge is 0.482 e. The molecule has 0 radical (unpaired) electrons. The Bertz CT molecular complexity index is 1250. The average Bonchev–Trinajstić information content (AvgIpc) is 3.26. The fourth-order valence-corrected chi connectivity index (χ4v) is 6.74. The normalized spacial score (nSPS) is 25.4. The third-order valence-electron chi connectivity index (χ3n) is 9.25. The van der Waals surface area contributed by atoms with E-state index in [-0.39, 0.29) is 24.1 Å². The highest BCUT2D eigenvalue weighted by Gasteiger charge is 2.47. The van der Waals surface area contributed by atoms with Crippen molar-refractivity contribution in [3.05, 3.63) is 35.5 Å². The summed E-state index contributed by atoms with van der Waals surface area (Å²) < 4.78 is 14.1. The quantitative estimate of drug-likeness (QED) is 0.666. The van der Waals surface area contributed by atoms with E-state index >= 15 is 0 Å². The van der Waals surface area contributed by atoms with Crippen LogP contribution in [0.1, 0.15) is 56.1 Å². The van der Waals surface area contributed by atoms with Gasteiger partial charge in [0.05, 0.1) is 6.61 Å². The van der Waals surface area contributed by atoms with Gasteiger partial charge in [0.15, 0.2) is 0 Å². The van der Waals surface area contributed by atoms with Gasteiger partial charge >= 0.3 is 6.09 Å². The molecule has 5 heterocycles. The number of likely N-dealkylation sites (tertiary alicyclic amines) is 2. The van der Waals surface area contributed by atoms with Crippen molar-refractivity contribution in [2.24, 2.45) is 5.92 Å². The van der Waals surface area contributed by atoms with Crippen molar-refractivity contribution in [2.75, 3.05) is 39.3 Å².